The molecule has 5 heteroatoms. The second kappa shape index (κ2) is 7.64. The predicted molar refractivity (Wildman–Crippen MR) is 77.4 cm³/mol. The number of nitriles is 2. The minimum Gasteiger partial charge on any atom is -0.491 e. The van der Waals surface area contributed by atoms with Crippen LogP contribution in [0.2, 0.25) is 0 Å². The predicted octanol–water partition coefficient (Wildman–Crippen LogP) is 1.58. The lowest BCUT2D eigenvalue weighted by Crippen LogP contribution is -2.39. The zero-order chi connectivity index (χ0) is 15.1. The van der Waals surface area contributed by atoms with Crippen LogP contribution in [0.1, 0.15) is 24.8 Å². The third-order valence-electron chi connectivity index (χ3n) is 3.72. The van der Waals surface area contributed by atoms with E-state index in [1.807, 2.05) is 6.07 Å². The number of aliphatic hydroxyl groups excluding tert-OH is 1. The summed E-state index contributed by atoms with van der Waals surface area (Å²) in [5, 5.41) is 30.8. The van der Waals surface area contributed by atoms with Gasteiger partial charge in [-0.1, -0.05) is 6.42 Å². The van der Waals surface area contributed by atoms with Crippen molar-refractivity contribution in [2.24, 2.45) is 5.92 Å². The van der Waals surface area contributed by atoms with E-state index >= 15 is 0 Å². The Hall–Kier alpha value is -2.08. The molecule has 0 amide bonds. The molecule has 1 fully saturated rings. The summed E-state index contributed by atoms with van der Waals surface area (Å²) < 4.78 is 5.47. The molecule has 0 aliphatic heterocycles. The van der Waals surface area contributed by atoms with Crippen LogP contribution in [0.25, 0.3) is 0 Å². The molecule has 1 saturated carbocycles. The summed E-state index contributed by atoms with van der Waals surface area (Å²) >= 11 is 0. The Morgan fingerprint density at radius 2 is 2.05 bits per heavy atom. The first-order chi connectivity index (χ1) is 10.2. The molecule has 1 aliphatic rings. The van der Waals surface area contributed by atoms with Crippen LogP contribution in [0.4, 0.5) is 0 Å². The van der Waals surface area contributed by atoms with Crippen LogP contribution < -0.4 is 10.1 Å². The van der Waals surface area contributed by atoms with Gasteiger partial charge >= 0.3 is 0 Å². The zero-order valence-corrected chi connectivity index (χ0v) is 11.8. The van der Waals surface area contributed by atoms with E-state index in [4.69, 9.17) is 15.3 Å². The van der Waals surface area contributed by atoms with Crippen molar-refractivity contribution in [3.05, 3.63) is 29.8 Å². The van der Waals surface area contributed by atoms with Gasteiger partial charge in [-0.3, -0.25) is 0 Å². The van der Waals surface area contributed by atoms with E-state index in [1.54, 1.807) is 24.3 Å². The van der Waals surface area contributed by atoms with E-state index in [0.29, 0.717) is 17.9 Å². The van der Waals surface area contributed by atoms with Crippen molar-refractivity contribution in [3.8, 4) is 17.9 Å². The van der Waals surface area contributed by atoms with Crippen molar-refractivity contribution in [1.29, 1.82) is 10.5 Å². The van der Waals surface area contributed by atoms with E-state index < -0.39 is 6.10 Å². The molecule has 2 N–H and O–H groups in total. The minimum absolute atomic E-state index is 0.0524. The number of ether oxygens (including phenoxy) is 1. The van der Waals surface area contributed by atoms with Gasteiger partial charge in [-0.15, -0.1) is 0 Å². The summed E-state index contributed by atoms with van der Waals surface area (Å²) in [7, 11) is 0. The third-order valence-corrected chi connectivity index (χ3v) is 3.72. The van der Waals surface area contributed by atoms with Gasteiger partial charge in [-0.25, -0.2) is 0 Å². The largest absolute Gasteiger partial charge is 0.491 e. The van der Waals surface area contributed by atoms with E-state index in [9.17, 15) is 5.11 Å². The molecule has 1 aliphatic carbocycles. The average Bonchev–Trinajstić information content (AvgIpc) is 2.99. The third kappa shape index (κ3) is 4.46. The molecule has 1 aromatic carbocycles. The van der Waals surface area contributed by atoms with Crippen LogP contribution >= 0.6 is 0 Å². The fourth-order valence-corrected chi connectivity index (χ4v) is 2.52. The maximum absolute atomic E-state index is 9.91. The molecular formula is C16H19N3O2. The zero-order valence-electron chi connectivity index (χ0n) is 11.8. The average molecular weight is 285 g/mol. The molecule has 0 bridgehead atoms. The van der Waals surface area contributed by atoms with Crippen LogP contribution in [0.5, 0.6) is 5.75 Å². The summed E-state index contributed by atoms with van der Waals surface area (Å²) in [4.78, 5) is 0. The molecule has 5 nitrogen and oxygen atoms in total. The van der Waals surface area contributed by atoms with Gasteiger partial charge in [0.05, 0.1) is 23.6 Å². The quantitative estimate of drug-likeness (QED) is 0.828. The van der Waals surface area contributed by atoms with Gasteiger partial charge in [0, 0.05) is 12.6 Å². The Morgan fingerprint density at radius 3 is 2.71 bits per heavy atom. The van der Waals surface area contributed by atoms with Gasteiger partial charge in [0.15, 0.2) is 0 Å². The van der Waals surface area contributed by atoms with Gasteiger partial charge < -0.3 is 15.2 Å². The van der Waals surface area contributed by atoms with Crippen molar-refractivity contribution >= 4 is 0 Å². The molecule has 0 saturated heterocycles. The molecule has 1 aromatic rings. The molecule has 0 heterocycles. The number of hydrogen-bond acceptors (Lipinski definition) is 5. The molecule has 0 radical (unpaired) electrons. The van der Waals surface area contributed by atoms with E-state index in [1.165, 1.54) is 0 Å². The molecule has 0 unspecified atom stereocenters. The first-order valence-corrected chi connectivity index (χ1v) is 7.17. The molecule has 110 valence electrons. The number of benzene rings is 1. The molecule has 0 aromatic heterocycles. The van der Waals surface area contributed by atoms with Gasteiger partial charge in [-0.2, -0.15) is 10.5 Å². The second-order valence-electron chi connectivity index (χ2n) is 5.28. The van der Waals surface area contributed by atoms with E-state index in [2.05, 4.69) is 11.4 Å². The molecular weight excluding hydrogens is 266 g/mol. The highest BCUT2D eigenvalue weighted by Crippen LogP contribution is 2.24. The SMILES string of the molecule is N#Cc1ccc(OC[C@H](O)CN[C@H]2CCC[C@@H]2C#N)cc1. The van der Waals surface area contributed by atoms with Crippen molar-refractivity contribution in [1.82, 2.24) is 5.32 Å². The van der Waals surface area contributed by atoms with E-state index in [0.717, 1.165) is 19.3 Å². The Balaban J connectivity index is 1.71. The second-order valence-corrected chi connectivity index (χ2v) is 5.28. The summed E-state index contributed by atoms with van der Waals surface area (Å²) in [6, 6.07) is 11.3. The van der Waals surface area contributed by atoms with Gasteiger partial charge in [0.2, 0.25) is 0 Å². The highest BCUT2D eigenvalue weighted by atomic mass is 16.5. The van der Waals surface area contributed by atoms with Gasteiger partial charge in [0.1, 0.15) is 18.5 Å². The normalized spacial score (nSPS) is 22.2. The van der Waals surface area contributed by atoms with Crippen LogP contribution in [-0.4, -0.2) is 30.4 Å². The lowest BCUT2D eigenvalue weighted by molar-refractivity contribution is 0.103. The Kier molecular flexibility index (Phi) is 5.57. The highest BCUT2D eigenvalue weighted by molar-refractivity contribution is 5.34. The highest BCUT2D eigenvalue weighted by Gasteiger charge is 2.26. The maximum atomic E-state index is 9.91. The lowest BCUT2D eigenvalue weighted by atomic mass is 10.1. The standard InChI is InChI=1S/C16H19N3O2/c17-8-12-4-6-15(7-5-12)21-11-14(20)10-19-16-3-1-2-13(16)9-18/h4-7,13-14,16,19-20H,1-3,10-11H2/t13-,14-,16+/m1/s1. The minimum atomic E-state index is -0.624. The monoisotopic (exact) mass is 285 g/mol. The topological polar surface area (TPSA) is 89.1 Å². The number of nitrogens with one attached hydrogen (secondary N) is 1. The van der Waals surface area contributed by atoms with Crippen molar-refractivity contribution < 1.29 is 9.84 Å². The summed E-state index contributed by atoms with van der Waals surface area (Å²) in [6.07, 6.45) is 2.36. The Labute approximate surface area is 124 Å². The summed E-state index contributed by atoms with van der Waals surface area (Å²) in [6.45, 7) is 0.599. The van der Waals surface area contributed by atoms with Crippen LogP contribution in [0.15, 0.2) is 24.3 Å². The summed E-state index contributed by atoms with van der Waals surface area (Å²) in [5.74, 6) is 0.681. The number of aliphatic hydroxyl groups is 1. The Morgan fingerprint density at radius 1 is 1.29 bits per heavy atom. The fraction of sp³-hybridized carbons (Fsp3) is 0.500. The van der Waals surface area contributed by atoms with Gasteiger partial charge in [-0.05, 0) is 37.1 Å². The Bertz CT molecular complexity index is 530. The van der Waals surface area contributed by atoms with Crippen LogP contribution in [0.3, 0.4) is 0 Å². The molecule has 21 heavy (non-hydrogen) atoms. The molecule has 2 rings (SSSR count). The fourth-order valence-electron chi connectivity index (χ4n) is 2.52. The smallest absolute Gasteiger partial charge is 0.119 e. The maximum Gasteiger partial charge on any atom is 0.119 e. The number of rotatable bonds is 6. The number of nitrogens with zero attached hydrogens (tertiary/aromatic N) is 2. The van der Waals surface area contributed by atoms with Gasteiger partial charge in [0.25, 0.3) is 0 Å². The molecule has 3 atom stereocenters. The van der Waals surface area contributed by atoms with E-state index in [-0.39, 0.29) is 18.6 Å². The summed E-state index contributed by atoms with van der Waals surface area (Å²) in [5.41, 5.74) is 0.577. The first kappa shape index (κ1) is 15.3. The van der Waals surface area contributed by atoms with Crippen molar-refractivity contribution in [3.63, 3.8) is 0 Å². The van der Waals surface area contributed by atoms with Crippen molar-refractivity contribution in [2.75, 3.05) is 13.2 Å². The number of hydrogen-bond donors (Lipinski definition) is 2. The van der Waals surface area contributed by atoms with Crippen LogP contribution in [0, 0.1) is 28.6 Å². The lowest BCUT2D eigenvalue weighted by Gasteiger charge is -2.18. The van der Waals surface area contributed by atoms with Crippen LogP contribution in [-0.2, 0) is 0 Å². The molecule has 0 spiro atoms. The van der Waals surface area contributed by atoms with Crippen molar-refractivity contribution in [2.45, 2.75) is 31.4 Å². The first-order valence-electron chi connectivity index (χ1n) is 7.17.